The van der Waals surface area contributed by atoms with Crippen LogP contribution in [0.5, 0.6) is 0 Å². The average molecular weight is 373 g/mol. The Balaban J connectivity index is 2.33. The van der Waals surface area contributed by atoms with Crippen molar-refractivity contribution >= 4 is 17.7 Å². The lowest BCUT2D eigenvalue weighted by atomic mass is 9.80. The molecule has 1 aliphatic rings. The van der Waals surface area contributed by atoms with Gasteiger partial charge in [-0.2, -0.15) is 0 Å². The highest BCUT2D eigenvalue weighted by atomic mass is 16.5. The number of hydrogen-bond donors (Lipinski definition) is 0. The minimum Gasteiger partial charge on any atom is -0.459 e. The van der Waals surface area contributed by atoms with Crippen LogP contribution in [0.15, 0.2) is 43.0 Å². The van der Waals surface area contributed by atoms with Crippen molar-refractivity contribution in [2.75, 3.05) is 13.7 Å². The number of amides is 1. The molecule has 6 nitrogen and oxygen atoms in total. The maximum atomic E-state index is 13.1. The molecular weight excluding hydrogens is 346 g/mol. The smallest absolute Gasteiger partial charge is 0.340 e. The molecule has 1 aromatic rings. The molecule has 2 atom stereocenters. The molecule has 27 heavy (non-hydrogen) atoms. The summed E-state index contributed by atoms with van der Waals surface area (Å²) in [5.41, 5.74) is -0.866. The SMILES string of the molecule is C=CCC(C(=O)CCOC)(C(=O)OCc1ccccc1)N1C(=O)CC1CC. The van der Waals surface area contributed by atoms with Crippen molar-refractivity contribution in [2.45, 2.75) is 50.8 Å². The number of ketones is 1. The third-order valence-electron chi connectivity index (χ3n) is 4.91. The van der Waals surface area contributed by atoms with Crippen molar-refractivity contribution in [1.29, 1.82) is 0 Å². The van der Waals surface area contributed by atoms with Crippen LogP contribution in [0.1, 0.15) is 38.2 Å². The number of hydrogen-bond acceptors (Lipinski definition) is 5. The number of carbonyl (C=O) groups excluding carboxylic acids is 3. The normalized spacial score (nSPS) is 18.4. The molecule has 0 aromatic heterocycles. The van der Waals surface area contributed by atoms with Crippen molar-refractivity contribution < 1.29 is 23.9 Å². The Hall–Kier alpha value is -2.47. The number of ether oxygens (including phenoxy) is 2. The zero-order valence-corrected chi connectivity index (χ0v) is 16.0. The largest absolute Gasteiger partial charge is 0.459 e. The van der Waals surface area contributed by atoms with E-state index >= 15 is 0 Å². The first-order chi connectivity index (χ1) is 13.0. The van der Waals surface area contributed by atoms with E-state index in [1.165, 1.54) is 18.1 Å². The van der Waals surface area contributed by atoms with Gasteiger partial charge in [0.1, 0.15) is 6.61 Å². The van der Waals surface area contributed by atoms with Gasteiger partial charge in [0.05, 0.1) is 6.61 Å². The van der Waals surface area contributed by atoms with Gasteiger partial charge in [0.25, 0.3) is 0 Å². The van der Waals surface area contributed by atoms with Crippen LogP contribution in [0.2, 0.25) is 0 Å². The zero-order valence-electron chi connectivity index (χ0n) is 16.0. The predicted molar refractivity (Wildman–Crippen MR) is 101 cm³/mol. The maximum absolute atomic E-state index is 13.1. The highest BCUT2D eigenvalue weighted by molar-refractivity contribution is 6.12. The number of rotatable bonds is 11. The van der Waals surface area contributed by atoms with Gasteiger partial charge in [-0.15, -0.1) is 6.58 Å². The second-order valence-electron chi connectivity index (χ2n) is 6.61. The van der Waals surface area contributed by atoms with Gasteiger partial charge in [0.2, 0.25) is 11.4 Å². The summed E-state index contributed by atoms with van der Waals surface area (Å²) >= 11 is 0. The number of esters is 1. The van der Waals surface area contributed by atoms with E-state index in [1.807, 2.05) is 37.3 Å². The number of methoxy groups -OCH3 is 1. The van der Waals surface area contributed by atoms with Gasteiger partial charge in [-0.25, -0.2) is 4.79 Å². The Kier molecular flexibility index (Phi) is 7.30. The van der Waals surface area contributed by atoms with Gasteiger partial charge in [-0.1, -0.05) is 43.3 Å². The van der Waals surface area contributed by atoms with Gasteiger partial charge >= 0.3 is 5.97 Å². The minimum absolute atomic E-state index is 0.0188. The first-order valence-electron chi connectivity index (χ1n) is 9.17. The van der Waals surface area contributed by atoms with Crippen LogP contribution in [-0.4, -0.2) is 47.9 Å². The Morgan fingerprint density at radius 1 is 1.33 bits per heavy atom. The highest BCUT2D eigenvalue weighted by Crippen LogP contribution is 2.36. The molecule has 1 heterocycles. The molecule has 1 saturated heterocycles. The van der Waals surface area contributed by atoms with Crippen LogP contribution in [0.25, 0.3) is 0 Å². The van der Waals surface area contributed by atoms with Crippen LogP contribution >= 0.6 is 0 Å². The first kappa shape index (κ1) is 20.8. The Morgan fingerprint density at radius 2 is 2.04 bits per heavy atom. The quantitative estimate of drug-likeness (QED) is 0.258. The fourth-order valence-electron chi connectivity index (χ4n) is 3.43. The van der Waals surface area contributed by atoms with Crippen molar-refractivity contribution in [3.8, 4) is 0 Å². The topological polar surface area (TPSA) is 72.9 Å². The van der Waals surface area contributed by atoms with Crippen molar-refractivity contribution in [3.05, 3.63) is 48.6 Å². The van der Waals surface area contributed by atoms with Crippen LogP contribution in [0.4, 0.5) is 0 Å². The molecule has 0 aliphatic carbocycles. The average Bonchev–Trinajstić information content (AvgIpc) is 2.68. The molecule has 6 heteroatoms. The number of carbonyl (C=O) groups is 3. The molecule has 2 unspecified atom stereocenters. The zero-order chi connectivity index (χ0) is 19.9. The van der Waals surface area contributed by atoms with E-state index in [1.54, 1.807) is 0 Å². The van der Waals surface area contributed by atoms with Crippen molar-refractivity contribution in [2.24, 2.45) is 0 Å². The summed E-state index contributed by atoms with van der Waals surface area (Å²) in [5, 5.41) is 0. The number of Topliss-reactive ketones (excluding diaryl/α,β-unsaturated/α-hetero) is 1. The van der Waals surface area contributed by atoms with Crippen LogP contribution in [-0.2, 0) is 30.5 Å². The predicted octanol–water partition coefficient (Wildman–Crippen LogP) is 2.66. The van der Waals surface area contributed by atoms with E-state index in [4.69, 9.17) is 9.47 Å². The molecule has 0 saturated carbocycles. The molecule has 1 fully saturated rings. The fourth-order valence-corrected chi connectivity index (χ4v) is 3.43. The highest BCUT2D eigenvalue weighted by Gasteiger charge is 2.58. The molecule has 0 N–H and O–H groups in total. The minimum atomic E-state index is -1.68. The molecule has 1 aliphatic heterocycles. The van der Waals surface area contributed by atoms with E-state index in [9.17, 15) is 14.4 Å². The Bertz CT molecular complexity index is 687. The van der Waals surface area contributed by atoms with E-state index in [-0.39, 0.29) is 43.8 Å². The fraction of sp³-hybridized carbons (Fsp3) is 0.476. The maximum Gasteiger partial charge on any atom is 0.340 e. The van der Waals surface area contributed by atoms with Gasteiger partial charge in [-0.05, 0) is 12.0 Å². The van der Waals surface area contributed by atoms with Crippen LogP contribution in [0, 0.1) is 0 Å². The van der Waals surface area contributed by atoms with Crippen molar-refractivity contribution in [1.82, 2.24) is 4.90 Å². The van der Waals surface area contributed by atoms with Gasteiger partial charge in [0, 0.05) is 32.4 Å². The summed E-state index contributed by atoms with van der Waals surface area (Å²) in [7, 11) is 1.49. The second-order valence-corrected chi connectivity index (χ2v) is 6.61. The summed E-state index contributed by atoms with van der Waals surface area (Å²) in [4.78, 5) is 40.0. The van der Waals surface area contributed by atoms with E-state index in [0.717, 1.165) is 5.56 Å². The summed E-state index contributed by atoms with van der Waals surface area (Å²) in [6.45, 7) is 5.83. The molecule has 2 rings (SSSR count). The van der Waals surface area contributed by atoms with Crippen LogP contribution < -0.4 is 0 Å². The van der Waals surface area contributed by atoms with Crippen LogP contribution in [0.3, 0.4) is 0 Å². The van der Waals surface area contributed by atoms with E-state index in [0.29, 0.717) is 12.8 Å². The molecule has 1 aromatic carbocycles. The van der Waals surface area contributed by atoms with Crippen molar-refractivity contribution in [3.63, 3.8) is 0 Å². The molecule has 146 valence electrons. The number of β-lactam (4-membered cyclic amide) rings is 1. The summed E-state index contributed by atoms with van der Waals surface area (Å²) in [6, 6.07) is 9.06. The van der Waals surface area contributed by atoms with Gasteiger partial charge in [0.15, 0.2) is 5.78 Å². The number of nitrogens with zero attached hydrogens (tertiary/aromatic N) is 1. The number of likely N-dealkylation sites (tertiary alicyclic amines) is 1. The standard InChI is InChI=1S/C21H27NO5/c1-4-12-21(18(23)11-13-26-3,22-17(5-2)14-19(22)24)20(25)27-15-16-9-7-6-8-10-16/h4,6-10,17H,1,5,11-15H2,2-3H3. The summed E-state index contributed by atoms with van der Waals surface area (Å²) in [6.07, 6.45) is 2.52. The molecule has 0 bridgehead atoms. The summed E-state index contributed by atoms with van der Waals surface area (Å²) < 4.78 is 10.5. The van der Waals surface area contributed by atoms with Gasteiger partial charge < -0.3 is 14.4 Å². The third-order valence-corrected chi connectivity index (χ3v) is 4.91. The lowest BCUT2D eigenvalue weighted by Crippen LogP contribution is -2.70. The Labute approximate surface area is 160 Å². The Morgan fingerprint density at radius 3 is 2.59 bits per heavy atom. The lowest BCUT2D eigenvalue weighted by Gasteiger charge is -2.50. The number of benzene rings is 1. The first-order valence-corrected chi connectivity index (χ1v) is 9.17. The lowest BCUT2D eigenvalue weighted by molar-refractivity contribution is -0.181. The molecule has 0 spiro atoms. The van der Waals surface area contributed by atoms with Gasteiger partial charge in [-0.3, -0.25) is 9.59 Å². The monoisotopic (exact) mass is 373 g/mol. The van der Waals surface area contributed by atoms with E-state index < -0.39 is 11.5 Å². The molecular formula is C21H27NO5. The third kappa shape index (κ3) is 4.27. The second kappa shape index (κ2) is 9.46. The molecule has 0 radical (unpaired) electrons. The van der Waals surface area contributed by atoms with E-state index in [2.05, 4.69) is 6.58 Å². The molecule has 1 amide bonds. The summed E-state index contributed by atoms with van der Waals surface area (Å²) in [5.74, 6) is -1.31.